The Balaban J connectivity index is 2.39. The topological polar surface area (TPSA) is 55.1 Å². The molecule has 1 saturated carbocycles. The maximum atomic E-state index is 12.0. The summed E-state index contributed by atoms with van der Waals surface area (Å²) in [4.78, 5) is 12.0. The lowest BCUT2D eigenvalue weighted by atomic mass is 9.94. The molecule has 94 valence electrons. The van der Waals surface area contributed by atoms with Crippen molar-refractivity contribution in [1.29, 1.82) is 0 Å². The molecule has 0 radical (unpaired) electrons. The second kappa shape index (κ2) is 6.24. The third kappa shape index (κ3) is 4.12. The number of carbonyl (C=O) groups is 1. The maximum absolute atomic E-state index is 12.0. The van der Waals surface area contributed by atoms with E-state index >= 15 is 0 Å². The third-order valence-electron chi connectivity index (χ3n) is 3.55. The van der Waals surface area contributed by atoms with Gasteiger partial charge in [0.05, 0.1) is 5.92 Å². The first kappa shape index (κ1) is 13.5. The predicted molar refractivity (Wildman–Crippen MR) is 66.9 cm³/mol. The molecule has 0 saturated heterocycles. The highest BCUT2D eigenvalue weighted by atomic mass is 16.2. The van der Waals surface area contributed by atoms with Crippen molar-refractivity contribution < 1.29 is 4.79 Å². The third-order valence-corrected chi connectivity index (χ3v) is 3.55. The molecule has 0 spiro atoms. The minimum absolute atomic E-state index is 0.0340. The minimum Gasteiger partial charge on any atom is -0.353 e. The summed E-state index contributed by atoms with van der Waals surface area (Å²) in [7, 11) is 0. The Labute approximate surface area is 99.2 Å². The van der Waals surface area contributed by atoms with E-state index in [0.29, 0.717) is 18.5 Å². The van der Waals surface area contributed by atoms with Crippen LogP contribution in [0.25, 0.3) is 0 Å². The highest BCUT2D eigenvalue weighted by molar-refractivity contribution is 5.79. The average Bonchev–Trinajstić information content (AvgIpc) is 3.01. The van der Waals surface area contributed by atoms with Gasteiger partial charge in [0.2, 0.25) is 5.91 Å². The Kier molecular flexibility index (Phi) is 5.26. The molecule has 0 heterocycles. The Bertz CT molecular complexity index is 224. The largest absolute Gasteiger partial charge is 0.353 e. The molecule has 16 heavy (non-hydrogen) atoms. The van der Waals surface area contributed by atoms with Gasteiger partial charge >= 0.3 is 0 Å². The van der Waals surface area contributed by atoms with Gasteiger partial charge in [0, 0.05) is 12.6 Å². The summed E-state index contributed by atoms with van der Waals surface area (Å²) in [5, 5.41) is 3.15. The quantitative estimate of drug-likeness (QED) is 0.697. The van der Waals surface area contributed by atoms with Gasteiger partial charge in [-0.25, -0.2) is 0 Å². The normalized spacial score (nSPS) is 19.6. The van der Waals surface area contributed by atoms with E-state index in [2.05, 4.69) is 26.1 Å². The van der Waals surface area contributed by atoms with Gasteiger partial charge in [-0.3, -0.25) is 4.79 Å². The second-order valence-corrected chi connectivity index (χ2v) is 5.38. The smallest absolute Gasteiger partial charge is 0.224 e. The number of nitrogens with two attached hydrogens (primary N) is 1. The van der Waals surface area contributed by atoms with Gasteiger partial charge in [-0.05, 0) is 24.7 Å². The molecular formula is C13H26N2O. The van der Waals surface area contributed by atoms with Gasteiger partial charge in [-0.2, -0.15) is 0 Å². The van der Waals surface area contributed by atoms with Crippen molar-refractivity contribution in [3.8, 4) is 0 Å². The van der Waals surface area contributed by atoms with Gasteiger partial charge in [-0.1, -0.05) is 33.6 Å². The molecule has 2 atom stereocenters. The molecule has 3 nitrogen and oxygen atoms in total. The first-order chi connectivity index (χ1) is 7.58. The summed E-state index contributed by atoms with van der Waals surface area (Å²) in [6.45, 7) is 6.70. The number of nitrogens with one attached hydrogen (secondary N) is 1. The average molecular weight is 226 g/mol. The van der Waals surface area contributed by atoms with Crippen LogP contribution in [0, 0.1) is 17.8 Å². The van der Waals surface area contributed by atoms with Crippen molar-refractivity contribution in [1.82, 2.24) is 5.32 Å². The zero-order valence-electron chi connectivity index (χ0n) is 10.8. The van der Waals surface area contributed by atoms with E-state index in [1.807, 2.05) is 0 Å². The minimum atomic E-state index is -0.0340. The highest BCUT2D eigenvalue weighted by Gasteiger charge is 2.27. The molecule has 0 aromatic rings. The van der Waals surface area contributed by atoms with Gasteiger partial charge in [0.25, 0.3) is 0 Å². The van der Waals surface area contributed by atoms with Crippen molar-refractivity contribution in [3.63, 3.8) is 0 Å². The van der Waals surface area contributed by atoms with Crippen LogP contribution in [0.5, 0.6) is 0 Å². The summed E-state index contributed by atoms with van der Waals surface area (Å²) in [6, 6.07) is 0.354. The van der Waals surface area contributed by atoms with Crippen molar-refractivity contribution in [2.45, 2.75) is 52.5 Å². The second-order valence-electron chi connectivity index (χ2n) is 5.38. The summed E-state index contributed by atoms with van der Waals surface area (Å²) in [5.41, 5.74) is 5.64. The summed E-state index contributed by atoms with van der Waals surface area (Å²) >= 11 is 0. The fourth-order valence-electron chi connectivity index (χ4n) is 2.07. The van der Waals surface area contributed by atoms with Gasteiger partial charge in [-0.15, -0.1) is 0 Å². The molecule has 2 unspecified atom stereocenters. The molecule has 0 aromatic carbocycles. The van der Waals surface area contributed by atoms with Crippen LogP contribution >= 0.6 is 0 Å². The molecular weight excluding hydrogens is 200 g/mol. The Hall–Kier alpha value is -0.570. The number of rotatable bonds is 7. The van der Waals surface area contributed by atoms with Crippen LogP contribution in [0.3, 0.4) is 0 Å². The molecule has 0 aromatic heterocycles. The van der Waals surface area contributed by atoms with Crippen LogP contribution < -0.4 is 11.1 Å². The number of hydrogen-bond acceptors (Lipinski definition) is 2. The maximum Gasteiger partial charge on any atom is 0.224 e. The van der Waals surface area contributed by atoms with Crippen molar-refractivity contribution >= 4 is 5.91 Å². The van der Waals surface area contributed by atoms with E-state index in [1.54, 1.807) is 0 Å². The van der Waals surface area contributed by atoms with Crippen molar-refractivity contribution in [3.05, 3.63) is 0 Å². The first-order valence-corrected chi connectivity index (χ1v) is 6.58. The Morgan fingerprint density at radius 3 is 2.44 bits per heavy atom. The summed E-state index contributed by atoms with van der Waals surface area (Å²) in [6.07, 6.45) is 4.86. The lowest BCUT2D eigenvalue weighted by Crippen LogP contribution is -2.43. The molecule has 1 aliphatic carbocycles. The van der Waals surface area contributed by atoms with Crippen LogP contribution in [0.4, 0.5) is 0 Å². The first-order valence-electron chi connectivity index (χ1n) is 6.58. The molecule has 1 aliphatic rings. The summed E-state index contributed by atoms with van der Waals surface area (Å²) < 4.78 is 0. The zero-order valence-corrected chi connectivity index (χ0v) is 10.8. The van der Waals surface area contributed by atoms with E-state index in [0.717, 1.165) is 18.8 Å². The van der Waals surface area contributed by atoms with E-state index in [4.69, 9.17) is 5.73 Å². The number of carbonyl (C=O) groups excluding carboxylic acids is 1. The van der Waals surface area contributed by atoms with Crippen molar-refractivity contribution in [2.75, 3.05) is 6.54 Å². The standard InChI is InChI=1S/C13H26N2O/c1-4-11(7-10-5-6-10)15-13(16)12(8-14)9(2)3/h9-12H,4-8,14H2,1-3H3,(H,15,16). The van der Waals surface area contributed by atoms with Gasteiger partial charge in [0.1, 0.15) is 0 Å². The van der Waals surface area contributed by atoms with Crippen LogP contribution in [-0.2, 0) is 4.79 Å². The number of amides is 1. The monoisotopic (exact) mass is 226 g/mol. The van der Waals surface area contributed by atoms with Crippen molar-refractivity contribution in [2.24, 2.45) is 23.5 Å². The lowest BCUT2D eigenvalue weighted by Gasteiger charge is -2.23. The molecule has 3 N–H and O–H groups in total. The lowest BCUT2D eigenvalue weighted by molar-refractivity contribution is -0.126. The Morgan fingerprint density at radius 1 is 1.44 bits per heavy atom. The molecule has 1 fully saturated rings. The van der Waals surface area contributed by atoms with E-state index < -0.39 is 0 Å². The molecule has 1 amide bonds. The van der Waals surface area contributed by atoms with E-state index in [9.17, 15) is 4.79 Å². The molecule has 3 heteroatoms. The predicted octanol–water partition coefficient (Wildman–Crippen LogP) is 1.91. The SMILES string of the molecule is CCC(CC1CC1)NC(=O)C(CN)C(C)C. The van der Waals surface area contributed by atoms with E-state index in [-0.39, 0.29) is 11.8 Å². The molecule has 1 rings (SSSR count). The van der Waals surface area contributed by atoms with Crippen LogP contribution in [0.2, 0.25) is 0 Å². The Morgan fingerprint density at radius 2 is 2.06 bits per heavy atom. The van der Waals surface area contributed by atoms with Gasteiger partial charge < -0.3 is 11.1 Å². The fraction of sp³-hybridized carbons (Fsp3) is 0.923. The van der Waals surface area contributed by atoms with Gasteiger partial charge in [0.15, 0.2) is 0 Å². The highest BCUT2D eigenvalue weighted by Crippen LogP contribution is 2.34. The molecule has 0 aliphatic heterocycles. The fourth-order valence-corrected chi connectivity index (χ4v) is 2.07. The molecule has 0 bridgehead atoms. The number of hydrogen-bond donors (Lipinski definition) is 2. The van der Waals surface area contributed by atoms with Crippen LogP contribution in [-0.4, -0.2) is 18.5 Å². The summed E-state index contributed by atoms with van der Waals surface area (Å²) in [5.74, 6) is 1.29. The van der Waals surface area contributed by atoms with Crippen LogP contribution in [0.1, 0.15) is 46.5 Å². The zero-order chi connectivity index (χ0) is 12.1. The van der Waals surface area contributed by atoms with E-state index in [1.165, 1.54) is 12.8 Å². The van der Waals surface area contributed by atoms with Crippen LogP contribution in [0.15, 0.2) is 0 Å².